The highest BCUT2D eigenvalue weighted by atomic mass is 16.2. The average Bonchev–Trinajstić information content (AvgIpc) is 2.70. The molecule has 1 heterocycles. The molecule has 1 aliphatic heterocycles. The van der Waals surface area contributed by atoms with E-state index in [0.29, 0.717) is 19.6 Å². The van der Waals surface area contributed by atoms with E-state index in [9.17, 15) is 9.59 Å². The van der Waals surface area contributed by atoms with Gasteiger partial charge in [-0.2, -0.15) is 0 Å². The van der Waals surface area contributed by atoms with Crippen LogP contribution in [-0.4, -0.2) is 48.3 Å². The molecule has 0 aliphatic carbocycles. The second-order valence-corrected chi connectivity index (χ2v) is 7.61. The molecule has 3 rings (SSSR count). The van der Waals surface area contributed by atoms with E-state index in [1.165, 1.54) is 5.56 Å². The lowest BCUT2D eigenvalue weighted by atomic mass is 9.97. The van der Waals surface area contributed by atoms with E-state index in [1.807, 2.05) is 49.5 Å². The maximum absolute atomic E-state index is 12.7. The molecule has 5 nitrogen and oxygen atoms in total. The molecule has 1 fully saturated rings. The molecule has 1 saturated heterocycles. The molecule has 1 N–H and O–H groups in total. The summed E-state index contributed by atoms with van der Waals surface area (Å²) in [5.41, 5.74) is 3.17. The maximum atomic E-state index is 12.7. The molecular weight excluding hydrogens is 350 g/mol. The van der Waals surface area contributed by atoms with Gasteiger partial charge < -0.3 is 10.2 Å². The number of aryl methyl sites for hydroxylation is 1. The van der Waals surface area contributed by atoms with Gasteiger partial charge in [-0.25, -0.2) is 0 Å². The number of hydrogen-bond acceptors (Lipinski definition) is 3. The van der Waals surface area contributed by atoms with Gasteiger partial charge in [0.15, 0.2) is 0 Å². The van der Waals surface area contributed by atoms with Crippen LogP contribution in [0.2, 0.25) is 0 Å². The van der Waals surface area contributed by atoms with Crippen molar-refractivity contribution in [2.45, 2.75) is 26.3 Å². The van der Waals surface area contributed by atoms with Crippen LogP contribution in [-0.2, 0) is 16.1 Å². The molecule has 0 aromatic heterocycles. The number of carbonyl (C=O) groups is 2. The topological polar surface area (TPSA) is 52.7 Å². The first-order valence-electron chi connectivity index (χ1n) is 9.89. The first-order chi connectivity index (χ1) is 13.5. The van der Waals surface area contributed by atoms with Crippen molar-refractivity contribution in [1.29, 1.82) is 0 Å². The summed E-state index contributed by atoms with van der Waals surface area (Å²) in [4.78, 5) is 29.1. The SMILES string of the molecule is Cc1ccccc1CN(C)C(=O)CN1CCC[C@H](C(=O)Nc2ccccc2)C1. The molecule has 0 spiro atoms. The van der Waals surface area contributed by atoms with Crippen molar-refractivity contribution in [2.24, 2.45) is 5.92 Å². The monoisotopic (exact) mass is 379 g/mol. The first kappa shape index (κ1) is 20.1. The van der Waals surface area contributed by atoms with E-state index in [4.69, 9.17) is 0 Å². The van der Waals surface area contributed by atoms with Crippen molar-refractivity contribution in [3.05, 3.63) is 65.7 Å². The van der Waals surface area contributed by atoms with Gasteiger partial charge in [-0.05, 0) is 49.6 Å². The molecule has 0 saturated carbocycles. The van der Waals surface area contributed by atoms with Gasteiger partial charge in [0.25, 0.3) is 0 Å². The van der Waals surface area contributed by atoms with Crippen LogP contribution >= 0.6 is 0 Å². The highest BCUT2D eigenvalue weighted by Crippen LogP contribution is 2.19. The summed E-state index contributed by atoms with van der Waals surface area (Å²) in [5.74, 6) is 0.0485. The van der Waals surface area contributed by atoms with Crippen LogP contribution in [0.4, 0.5) is 5.69 Å². The Hall–Kier alpha value is -2.66. The van der Waals surface area contributed by atoms with Gasteiger partial charge in [0.1, 0.15) is 0 Å². The summed E-state index contributed by atoms with van der Waals surface area (Å²) in [6, 6.07) is 17.7. The van der Waals surface area contributed by atoms with E-state index in [2.05, 4.69) is 29.3 Å². The fourth-order valence-electron chi connectivity index (χ4n) is 3.62. The Labute approximate surface area is 167 Å². The molecule has 2 aromatic carbocycles. The second-order valence-electron chi connectivity index (χ2n) is 7.61. The fraction of sp³-hybridized carbons (Fsp3) is 0.391. The molecule has 0 bridgehead atoms. The lowest BCUT2D eigenvalue weighted by Gasteiger charge is -2.32. The number of hydrogen-bond donors (Lipinski definition) is 1. The lowest BCUT2D eigenvalue weighted by molar-refractivity contribution is -0.133. The van der Waals surface area contributed by atoms with Crippen LogP contribution in [0.15, 0.2) is 54.6 Å². The Kier molecular flexibility index (Phi) is 6.82. The molecule has 2 amide bonds. The van der Waals surface area contributed by atoms with E-state index in [-0.39, 0.29) is 17.7 Å². The predicted octanol–water partition coefficient (Wildman–Crippen LogP) is 3.30. The minimum atomic E-state index is -0.0802. The standard InChI is InChI=1S/C23H29N3O2/c1-18-9-6-7-10-19(18)15-25(2)22(27)17-26-14-8-11-20(16-26)23(28)24-21-12-4-3-5-13-21/h3-7,9-10,12-13,20H,8,11,14-17H2,1-2H3,(H,24,28)/t20-/m0/s1. The number of benzene rings is 2. The van der Waals surface area contributed by atoms with E-state index in [1.54, 1.807) is 4.90 Å². The summed E-state index contributed by atoms with van der Waals surface area (Å²) in [6.07, 6.45) is 1.80. The van der Waals surface area contributed by atoms with Crippen molar-refractivity contribution in [3.8, 4) is 0 Å². The molecule has 2 aromatic rings. The number of piperidine rings is 1. The number of para-hydroxylation sites is 1. The van der Waals surface area contributed by atoms with Gasteiger partial charge in [-0.3, -0.25) is 14.5 Å². The molecule has 0 unspecified atom stereocenters. The minimum absolute atomic E-state index is 0.0385. The molecule has 5 heteroatoms. The van der Waals surface area contributed by atoms with Gasteiger partial charge in [0.2, 0.25) is 11.8 Å². The Balaban J connectivity index is 1.51. The third-order valence-corrected chi connectivity index (χ3v) is 5.37. The summed E-state index contributed by atoms with van der Waals surface area (Å²) in [7, 11) is 1.85. The van der Waals surface area contributed by atoms with Gasteiger partial charge >= 0.3 is 0 Å². The van der Waals surface area contributed by atoms with Crippen molar-refractivity contribution in [2.75, 3.05) is 32.0 Å². The molecule has 1 atom stereocenters. The van der Waals surface area contributed by atoms with Gasteiger partial charge in [0, 0.05) is 25.8 Å². The molecule has 0 radical (unpaired) electrons. The molecular formula is C23H29N3O2. The van der Waals surface area contributed by atoms with Crippen LogP contribution in [0, 0.1) is 12.8 Å². The number of anilines is 1. The summed E-state index contributed by atoms with van der Waals surface area (Å²) >= 11 is 0. The third kappa shape index (κ3) is 5.42. The third-order valence-electron chi connectivity index (χ3n) is 5.37. The largest absolute Gasteiger partial charge is 0.340 e. The van der Waals surface area contributed by atoms with Crippen LogP contribution in [0.3, 0.4) is 0 Å². The minimum Gasteiger partial charge on any atom is -0.340 e. The van der Waals surface area contributed by atoms with Gasteiger partial charge in [-0.1, -0.05) is 42.5 Å². The van der Waals surface area contributed by atoms with Crippen LogP contribution in [0.25, 0.3) is 0 Å². The number of likely N-dealkylation sites (tertiary alicyclic amines) is 1. The van der Waals surface area contributed by atoms with Gasteiger partial charge in [0.05, 0.1) is 12.5 Å². The highest BCUT2D eigenvalue weighted by molar-refractivity contribution is 5.92. The molecule has 1 aliphatic rings. The summed E-state index contributed by atoms with van der Waals surface area (Å²) in [5, 5.41) is 2.99. The number of amides is 2. The Morgan fingerprint density at radius 3 is 2.57 bits per heavy atom. The van der Waals surface area contributed by atoms with E-state index >= 15 is 0 Å². The van der Waals surface area contributed by atoms with E-state index < -0.39 is 0 Å². The summed E-state index contributed by atoms with van der Waals surface area (Å²) in [6.45, 7) is 4.52. The fourth-order valence-corrected chi connectivity index (χ4v) is 3.62. The number of rotatable bonds is 6. The zero-order chi connectivity index (χ0) is 19.9. The normalized spacial score (nSPS) is 17.1. The van der Waals surface area contributed by atoms with Crippen LogP contribution in [0.5, 0.6) is 0 Å². The van der Waals surface area contributed by atoms with Crippen molar-refractivity contribution >= 4 is 17.5 Å². The number of carbonyl (C=O) groups excluding carboxylic acids is 2. The Morgan fingerprint density at radius 2 is 1.82 bits per heavy atom. The quantitative estimate of drug-likeness (QED) is 0.838. The lowest BCUT2D eigenvalue weighted by Crippen LogP contribution is -2.45. The van der Waals surface area contributed by atoms with Crippen molar-refractivity contribution in [1.82, 2.24) is 9.80 Å². The van der Waals surface area contributed by atoms with E-state index in [0.717, 1.165) is 30.6 Å². The number of nitrogens with one attached hydrogen (secondary N) is 1. The van der Waals surface area contributed by atoms with Crippen LogP contribution in [0.1, 0.15) is 24.0 Å². The smallest absolute Gasteiger partial charge is 0.236 e. The average molecular weight is 380 g/mol. The second kappa shape index (κ2) is 9.51. The summed E-state index contributed by atoms with van der Waals surface area (Å²) < 4.78 is 0. The van der Waals surface area contributed by atoms with Crippen molar-refractivity contribution in [3.63, 3.8) is 0 Å². The predicted molar refractivity (Wildman–Crippen MR) is 112 cm³/mol. The molecule has 28 heavy (non-hydrogen) atoms. The Bertz CT molecular complexity index is 807. The maximum Gasteiger partial charge on any atom is 0.236 e. The zero-order valence-corrected chi connectivity index (χ0v) is 16.7. The van der Waals surface area contributed by atoms with Crippen molar-refractivity contribution < 1.29 is 9.59 Å². The highest BCUT2D eigenvalue weighted by Gasteiger charge is 2.27. The Morgan fingerprint density at radius 1 is 1.11 bits per heavy atom. The molecule has 148 valence electrons. The number of likely N-dealkylation sites (N-methyl/N-ethyl adjacent to an activating group) is 1. The number of nitrogens with zero attached hydrogens (tertiary/aromatic N) is 2. The zero-order valence-electron chi connectivity index (χ0n) is 16.7. The van der Waals surface area contributed by atoms with Gasteiger partial charge in [-0.15, -0.1) is 0 Å². The first-order valence-corrected chi connectivity index (χ1v) is 9.89. The van der Waals surface area contributed by atoms with Crippen LogP contribution < -0.4 is 5.32 Å².